The van der Waals surface area contributed by atoms with Crippen molar-refractivity contribution in [2.75, 3.05) is 0 Å². The molecule has 0 bridgehead atoms. The molecular weight excluding hydrogens is 348 g/mol. The molecule has 0 aliphatic heterocycles. The molecule has 0 saturated heterocycles. The van der Waals surface area contributed by atoms with Crippen molar-refractivity contribution in [2.24, 2.45) is 9.98 Å². The molecule has 3 rings (SSSR count). The van der Waals surface area contributed by atoms with Crippen molar-refractivity contribution in [3.63, 3.8) is 0 Å². The molecule has 148 valence electrons. The van der Waals surface area contributed by atoms with Gasteiger partial charge in [-0.2, -0.15) is 0 Å². The molecule has 1 saturated carbocycles. The molecule has 1 fully saturated rings. The minimum Gasteiger partial charge on any atom is -0.507 e. The number of benzene rings is 2. The predicted molar refractivity (Wildman–Crippen MR) is 116 cm³/mol. The normalized spacial score (nSPS) is 20.3. The van der Waals surface area contributed by atoms with E-state index in [4.69, 9.17) is 9.98 Å². The molecule has 2 aromatic rings. The number of aliphatic imine (C=N–C) groups is 2. The number of phenolic OH excluding ortho intramolecular Hbond substituents is 2. The minimum absolute atomic E-state index is 0.212. The summed E-state index contributed by atoms with van der Waals surface area (Å²) in [6.45, 7) is 7.87. The Bertz CT molecular complexity index is 842. The van der Waals surface area contributed by atoms with Crippen LogP contribution in [0.4, 0.5) is 0 Å². The lowest BCUT2D eigenvalue weighted by Gasteiger charge is -2.24. The molecular formula is C24H30N2O2. The van der Waals surface area contributed by atoms with E-state index < -0.39 is 0 Å². The van der Waals surface area contributed by atoms with Crippen LogP contribution in [-0.4, -0.2) is 34.7 Å². The molecule has 2 atom stereocenters. The number of phenols is 2. The average Bonchev–Trinajstić information content (AvgIpc) is 2.65. The standard InChI is InChI=1S/C24H30N2O2/c1-15-8-17(3)23(27)19(10-15)13-25-21-6-5-7-22(12-21)26-14-20-11-16(2)9-18(4)24(20)28/h8-11,13-14,21-22,27-28H,5-7,12H2,1-4H3. The molecule has 2 N–H and O–H groups in total. The first-order valence-electron chi connectivity index (χ1n) is 10.00. The Hall–Kier alpha value is -2.62. The second-order valence-electron chi connectivity index (χ2n) is 8.07. The third-order valence-corrected chi connectivity index (χ3v) is 5.42. The minimum atomic E-state index is 0.212. The molecule has 1 aliphatic rings. The van der Waals surface area contributed by atoms with Gasteiger partial charge in [-0.15, -0.1) is 0 Å². The zero-order chi connectivity index (χ0) is 20.3. The molecule has 28 heavy (non-hydrogen) atoms. The summed E-state index contributed by atoms with van der Waals surface area (Å²) in [4.78, 5) is 9.48. The van der Waals surface area contributed by atoms with Gasteiger partial charge in [-0.3, -0.25) is 9.98 Å². The van der Waals surface area contributed by atoms with E-state index in [1.165, 1.54) is 0 Å². The lowest BCUT2D eigenvalue weighted by atomic mass is 9.91. The highest BCUT2D eigenvalue weighted by Crippen LogP contribution is 2.27. The van der Waals surface area contributed by atoms with Crippen molar-refractivity contribution in [3.05, 3.63) is 57.6 Å². The zero-order valence-electron chi connectivity index (χ0n) is 17.2. The first-order chi connectivity index (χ1) is 13.3. The third kappa shape index (κ3) is 4.80. The Morgan fingerprint density at radius 1 is 0.750 bits per heavy atom. The average molecular weight is 379 g/mol. The maximum absolute atomic E-state index is 10.2. The van der Waals surface area contributed by atoms with Gasteiger partial charge in [-0.1, -0.05) is 12.1 Å². The molecule has 0 spiro atoms. The van der Waals surface area contributed by atoms with Crippen molar-refractivity contribution in [3.8, 4) is 11.5 Å². The Balaban J connectivity index is 1.69. The van der Waals surface area contributed by atoms with Crippen molar-refractivity contribution >= 4 is 12.4 Å². The summed E-state index contributed by atoms with van der Waals surface area (Å²) in [6, 6.07) is 8.30. The van der Waals surface area contributed by atoms with Gasteiger partial charge in [0.25, 0.3) is 0 Å². The molecule has 4 nitrogen and oxygen atoms in total. The predicted octanol–water partition coefficient (Wildman–Crippen LogP) is 5.18. The van der Waals surface area contributed by atoms with Crippen LogP contribution in [0.2, 0.25) is 0 Å². The molecule has 4 heteroatoms. The van der Waals surface area contributed by atoms with Crippen LogP contribution >= 0.6 is 0 Å². The summed E-state index contributed by atoms with van der Waals surface area (Å²) >= 11 is 0. The van der Waals surface area contributed by atoms with Crippen LogP contribution in [0.25, 0.3) is 0 Å². The van der Waals surface area contributed by atoms with Crippen LogP contribution in [0, 0.1) is 27.7 Å². The van der Waals surface area contributed by atoms with Crippen LogP contribution in [-0.2, 0) is 0 Å². The van der Waals surface area contributed by atoms with E-state index in [0.29, 0.717) is 11.5 Å². The Morgan fingerprint density at radius 2 is 1.18 bits per heavy atom. The third-order valence-electron chi connectivity index (χ3n) is 5.42. The van der Waals surface area contributed by atoms with E-state index in [1.54, 1.807) is 0 Å². The van der Waals surface area contributed by atoms with Gasteiger partial charge in [0.15, 0.2) is 0 Å². The largest absolute Gasteiger partial charge is 0.507 e. The number of hydrogen-bond acceptors (Lipinski definition) is 4. The van der Waals surface area contributed by atoms with Crippen LogP contribution in [0.1, 0.15) is 59.1 Å². The quantitative estimate of drug-likeness (QED) is 0.720. The lowest BCUT2D eigenvalue weighted by molar-refractivity contribution is 0.397. The van der Waals surface area contributed by atoms with E-state index in [1.807, 2.05) is 64.4 Å². The first-order valence-corrected chi connectivity index (χ1v) is 10.00. The molecule has 0 radical (unpaired) electrons. The fraction of sp³-hybridized carbons (Fsp3) is 0.417. The number of hydrogen-bond donors (Lipinski definition) is 2. The van der Waals surface area contributed by atoms with Gasteiger partial charge in [-0.05, 0) is 87.8 Å². The second-order valence-corrected chi connectivity index (χ2v) is 8.07. The van der Waals surface area contributed by atoms with Crippen LogP contribution in [0.5, 0.6) is 11.5 Å². The van der Waals surface area contributed by atoms with Crippen LogP contribution in [0.15, 0.2) is 34.3 Å². The topological polar surface area (TPSA) is 65.2 Å². The molecule has 0 amide bonds. The van der Waals surface area contributed by atoms with Gasteiger partial charge >= 0.3 is 0 Å². The van der Waals surface area contributed by atoms with Gasteiger partial charge < -0.3 is 10.2 Å². The summed E-state index contributed by atoms with van der Waals surface area (Å²) in [5, 5.41) is 20.5. The summed E-state index contributed by atoms with van der Waals surface area (Å²) in [5.74, 6) is 0.620. The summed E-state index contributed by atoms with van der Waals surface area (Å²) < 4.78 is 0. The Labute approximate surface area is 167 Å². The monoisotopic (exact) mass is 378 g/mol. The number of rotatable bonds is 4. The number of aromatic hydroxyl groups is 2. The van der Waals surface area contributed by atoms with Gasteiger partial charge in [0.2, 0.25) is 0 Å². The van der Waals surface area contributed by atoms with Gasteiger partial charge in [0, 0.05) is 23.6 Å². The number of aryl methyl sites for hydroxylation is 4. The number of nitrogens with zero attached hydrogens (tertiary/aromatic N) is 2. The summed E-state index contributed by atoms with van der Waals surface area (Å²) in [7, 11) is 0. The van der Waals surface area contributed by atoms with E-state index in [9.17, 15) is 10.2 Å². The van der Waals surface area contributed by atoms with Gasteiger partial charge in [0.05, 0.1) is 12.1 Å². The van der Waals surface area contributed by atoms with E-state index >= 15 is 0 Å². The zero-order valence-corrected chi connectivity index (χ0v) is 17.2. The first kappa shape index (κ1) is 20.1. The van der Waals surface area contributed by atoms with E-state index in [0.717, 1.165) is 59.1 Å². The Morgan fingerprint density at radius 3 is 1.61 bits per heavy atom. The van der Waals surface area contributed by atoms with Crippen LogP contribution < -0.4 is 0 Å². The molecule has 1 aliphatic carbocycles. The molecule has 0 heterocycles. The highest BCUT2D eigenvalue weighted by molar-refractivity contribution is 5.85. The fourth-order valence-corrected chi connectivity index (χ4v) is 3.96. The molecule has 2 aromatic carbocycles. The fourth-order valence-electron chi connectivity index (χ4n) is 3.96. The van der Waals surface area contributed by atoms with Crippen molar-refractivity contribution in [1.29, 1.82) is 0 Å². The van der Waals surface area contributed by atoms with Crippen molar-refractivity contribution in [1.82, 2.24) is 0 Å². The van der Waals surface area contributed by atoms with Gasteiger partial charge in [0.1, 0.15) is 11.5 Å². The maximum atomic E-state index is 10.2. The Kier molecular flexibility index (Phi) is 6.18. The smallest absolute Gasteiger partial charge is 0.127 e. The van der Waals surface area contributed by atoms with Crippen molar-refractivity contribution in [2.45, 2.75) is 65.5 Å². The summed E-state index contributed by atoms with van der Waals surface area (Å²) in [6.07, 6.45) is 7.68. The SMILES string of the molecule is Cc1cc(C)c(O)c(C=NC2CCCC(N=Cc3cc(C)cc(C)c3O)C2)c1. The highest BCUT2D eigenvalue weighted by Gasteiger charge is 2.20. The van der Waals surface area contributed by atoms with Crippen LogP contribution in [0.3, 0.4) is 0 Å². The second kappa shape index (κ2) is 8.59. The van der Waals surface area contributed by atoms with Crippen molar-refractivity contribution < 1.29 is 10.2 Å². The van der Waals surface area contributed by atoms with E-state index in [2.05, 4.69) is 0 Å². The molecule has 2 unspecified atom stereocenters. The summed E-state index contributed by atoms with van der Waals surface area (Å²) in [5.41, 5.74) is 5.56. The van der Waals surface area contributed by atoms with Gasteiger partial charge in [-0.25, -0.2) is 0 Å². The lowest BCUT2D eigenvalue weighted by Crippen LogP contribution is -2.21. The van der Waals surface area contributed by atoms with E-state index in [-0.39, 0.29) is 12.1 Å². The molecule has 0 aromatic heterocycles. The maximum Gasteiger partial charge on any atom is 0.127 e. The highest BCUT2D eigenvalue weighted by atomic mass is 16.3.